The molecular formula is C12H19FN4O2S. The van der Waals surface area contributed by atoms with Crippen molar-refractivity contribution in [1.82, 2.24) is 9.21 Å². The van der Waals surface area contributed by atoms with Crippen LogP contribution in [0.2, 0.25) is 0 Å². The average Bonchev–Trinajstić information content (AvgIpc) is 2.59. The number of halogens is 1. The third-order valence-corrected chi connectivity index (χ3v) is 5.35. The smallest absolute Gasteiger partial charge is 0.246 e. The summed E-state index contributed by atoms with van der Waals surface area (Å²) in [5, 5.41) is 0. The van der Waals surface area contributed by atoms with Gasteiger partial charge in [0.15, 0.2) is 0 Å². The molecule has 1 aliphatic rings. The minimum Gasteiger partial charge on any atom is -0.397 e. The average molecular weight is 302 g/mol. The molecule has 0 unspecified atom stereocenters. The first-order valence-corrected chi connectivity index (χ1v) is 7.79. The summed E-state index contributed by atoms with van der Waals surface area (Å²) in [5.74, 6) is -0.866. The zero-order valence-electron chi connectivity index (χ0n) is 11.3. The van der Waals surface area contributed by atoms with E-state index in [1.807, 2.05) is 11.9 Å². The molecule has 1 aromatic rings. The van der Waals surface area contributed by atoms with Gasteiger partial charge >= 0.3 is 0 Å². The van der Waals surface area contributed by atoms with E-state index in [4.69, 9.17) is 11.5 Å². The Morgan fingerprint density at radius 3 is 2.45 bits per heavy atom. The SMILES string of the molecule is CN1CCCN(S(=O)(=O)c2cc(N)c(N)cc2F)CC1. The molecule has 1 fully saturated rings. The molecule has 8 heteroatoms. The van der Waals surface area contributed by atoms with Gasteiger partial charge in [0.2, 0.25) is 10.0 Å². The number of anilines is 2. The summed E-state index contributed by atoms with van der Waals surface area (Å²) in [5.41, 5.74) is 11.2. The monoisotopic (exact) mass is 302 g/mol. The van der Waals surface area contributed by atoms with Gasteiger partial charge in [-0.2, -0.15) is 4.31 Å². The number of rotatable bonds is 2. The van der Waals surface area contributed by atoms with Crippen LogP contribution in [-0.2, 0) is 10.0 Å². The molecule has 6 nitrogen and oxygen atoms in total. The minimum absolute atomic E-state index is 0.0389. The van der Waals surface area contributed by atoms with Gasteiger partial charge < -0.3 is 16.4 Å². The summed E-state index contributed by atoms with van der Waals surface area (Å²) in [6.45, 7) is 2.14. The van der Waals surface area contributed by atoms with E-state index in [-0.39, 0.29) is 11.4 Å². The van der Waals surface area contributed by atoms with Crippen molar-refractivity contribution in [2.75, 3.05) is 44.7 Å². The highest BCUT2D eigenvalue weighted by Gasteiger charge is 2.29. The van der Waals surface area contributed by atoms with Gasteiger partial charge in [0.1, 0.15) is 10.7 Å². The largest absolute Gasteiger partial charge is 0.397 e. The van der Waals surface area contributed by atoms with Crippen molar-refractivity contribution in [3.05, 3.63) is 17.9 Å². The lowest BCUT2D eigenvalue weighted by molar-refractivity contribution is 0.347. The molecule has 20 heavy (non-hydrogen) atoms. The molecular weight excluding hydrogens is 283 g/mol. The van der Waals surface area contributed by atoms with Crippen LogP contribution < -0.4 is 11.5 Å². The van der Waals surface area contributed by atoms with E-state index in [9.17, 15) is 12.8 Å². The van der Waals surface area contributed by atoms with Gasteiger partial charge in [0.05, 0.1) is 11.4 Å². The summed E-state index contributed by atoms with van der Waals surface area (Å²) in [4.78, 5) is 1.64. The van der Waals surface area contributed by atoms with Crippen LogP contribution in [0.15, 0.2) is 17.0 Å². The zero-order chi connectivity index (χ0) is 14.9. The summed E-state index contributed by atoms with van der Waals surface area (Å²) >= 11 is 0. The summed E-state index contributed by atoms with van der Waals surface area (Å²) in [6, 6.07) is 2.04. The van der Waals surface area contributed by atoms with Crippen molar-refractivity contribution < 1.29 is 12.8 Å². The number of hydrogen-bond acceptors (Lipinski definition) is 5. The summed E-state index contributed by atoms with van der Waals surface area (Å²) < 4.78 is 40.2. The van der Waals surface area contributed by atoms with Crippen LogP contribution in [0, 0.1) is 5.82 Å². The number of likely N-dealkylation sites (N-methyl/N-ethyl adjacent to an activating group) is 1. The Hall–Kier alpha value is -1.38. The fourth-order valence-corrected chi connectivity index (χ4v) is 3.74. The first-order chi connectivity index (χ1) is 9.32. The van der Waals surface area contributed by atoms with Crippen LogP contribution >= 0.6 is 0 Å². The lowest BCUT2D eigenvalue weighted by Crippen LogP contribution is -2.35. The molecule has 0 saturated carbocycles. The van der Waals surface area contributed by atoms with Crippen molar-refractivity contribution in [3.63, 3.8) is 0 Å². The second kappa shape index (κ2) is 5.55. The van der Waals surface area contributed by atoms with E-state index >= 15 is 0 Å². The first kappa shape index (κ1) is 15.0. The number of nitrogens with zero attached hydrogens (tertiary/aromatic N) is 2. The maximum atomic E-state index is 13.9. The lowest BCUT2D eigenvalue weighted by atomic mass is 10.3. The Morgan fingerprint density at radius 2 is 1.75 bits per heavy atom. The van der Waals surface area contributed by atoms with Gasteiger partial charge in [-0.05, 0) is 26.1 Å². The van der Waals surface area contributed by atoms with Crippen LogP contribution in [0.1, 0.15) is 6.42 Å². The van der Waals surface area contributed by atoms with Gasteiger partial charge in [-0.15, -0.1) is 0 Å². The molecule has 1 heterocycles. The highest BCUT2D eigenvalue weighted by atomic mass is 32.2. The lowest BCUT2D eigenvalue weighted by Gasteiger charge is -2.21. The highest BCUT2D eigenvalue weighted by Crippen LogP contribution is 2.26. The van der Waals surface area contributed by atoms with E-state index in [0.717, 1.165) is 18.7 Å². The van der Waals surface area contributed by atoms with Gasteiger partial charge in [-0.1, -0.05) is 0 Å². The molecule has 112 valence electrons. The third-order valence-electron chi connectivity index (χ3n) is 3.43. The second-order valence-corrected chi connectivity index (χ2v) is 6.88. The van der Waals surface area contributed by atoms with E-state index in [0.29, 0.717) is 26.1 Å². The Labute approximate surface area is 118 Å². The van der Waals surface area contributed by atoms with Crippen molar-refractivity contribution in [3.8, 4) is 0 Å². The molecule has 0 radical (unpaired) electrons. The number of nitrogens with two attached hydrogens (primary N) is 2. The van der Waals surface area contributed by atoms with Gasteiger partial charge in [0, 0.05) is 25.7 Å². The van der Waals surface area contributed by atoms with Gasteiger partial charge in [0.25, 0.3) is 0 Å². The number of benzene rings is 1. The fraction of sp³-hybridized carbons (Fsp3) is 0.500. The molecule has 0 amide bonds. The molecule has 1 aromatic carbocycles. The predicted molar refractivity (Wildman–Crippen MR) is 76.1 cm³/mol. The van der Waals surface area contributed by atoms with Crippen molar-refractivity contribution in [1.29, 1.82) is 0 Å². The van der Waals surface area contributed by atoms with Crippen LogP contribution in [0.5, 0.6) is 0 Å². The molecule has 4 N–H and O–H groups in total. The van der Waals surface area contributed by atoms with Crippen LogP contribution in [0.25, 0.3) is 0 Å². The van der Waals surface area contributed by atoms with Crippen molar-refractivity contribution >= 4 is 21.4 Å². The molecule has 1 saturated heterocycles. The highest BCUT2D eigenvalue weighted by molar-refractivity contribution is 7.89. The Bertz CT molecular complexity index is 606. The molecule has 0 atom stereocenters. The standard InChI is InChI=1S/C12H19FN4O2S/c1-16-3-2-4-17(6-5-16)20(18,19)12-8-11(15)10(14)7-9(12)13/h7-8H,2-6,14-15H2,1H3. The van der Waals surface area contributed by atoms with E-state index in [2.05, 4.69) is 0 Å². The zero-order valence-corrected chi connectivity index (χ0v) is 12.2. The Balaban J connectivity index is 2.37. The number of nitrogen functional groups attached to an aromatic ring is 2. The summed E-state index contributed by atoms with van der Waals surface area (Å²) in [6.07, 6.45) is 0.710. The molecule has 0 bridgehead atoms. The van der Waals surface area contributed by atoms with Crippen molar-refractivity contribution in [2.24, 2.45) is 0 Å². The number of hydrogen-bond donors (Lipinski definition) is 2. The maximum Gasteiger partial charge on any atom is 0.246 e. The van der Waals surface area contributed by atoms with E-state index < -0.39 is 20.7 Å². The van der Waals surface area contributed by atoms with Crippen LogP contribution in [-0.4, -0.2) is 50.8 Å². The first-order valence-electron chi connectivity index (χ1n) is 6.35. The Morgan fingerprint density at radius 1 is 1.10 bits per heavy atom. The maximum absolute atomic E-state index is 13.9. The number of sulfonamides is 1. The molecule has 0 spiro atoms. The van der Waals surface area contributed by atoms with Gasteiger partial charge in [-0.3, -0.25) is 0 Å². The van der Waals surface area contributed by atoms with Crippen LogP contribution in [0.4, 0.5) is 15.8 Å². The molecule has 0 aromatic heterocycles. The minimum atomic E-state index is -3.88. The predicted octanol–water partition coefficient (Wildman–Crippen LogP) is 0.316. The van der Waals surface area contributed by atoms with E-state index in [1.54, 1.807) is 0 Å². The van der Waals surface area contributed by atoms with Gasteiger partial charge in [-0.25, -0.2) is 12.8 Å². The van der Waals surface area contributed by atoms with E-state index in [1.165, 1.54) is 4.31 Å². The molecule has 2 rings (SSSR count). The molecule has 0 aliphatic carbocycles. The molecule has 1 aliphatic heterocycles. The summed E-state index contributed by atoms with van der Waals surface area (Å²) in [7, 11) is -1.95. The topological polar surface area (TPSA) is 92.7 Å². The normalized spacial score (nSPS) is 18.9. The van der Waals surface area contributed by atoms with Crippen LogP contribution in [0.3, 0.4) is 0 Å². The second-order valence-electron chi connectivity index (χ2n) is 4.97. The van der Waals surface area contributed by atoms with Crippen molar-refractivity contribution in [2.45, 2.75) is 11.3 Å². The third kappa shape index (κ3) is 2.87. The quantitative estimate of drug-likeness (QED) is 0.767. The Kier molecular flexibility index (Phi) is 4.17. The fourth-order valence-electron chi connectivity index (χ4n) is 2.18.